The average molecular weight is 410 g/mol. The van der Waals surface area contributed by atoms with Crippen LogP contribution < -0.4 is 0 Å². The van der Waals surface area contributed by atoms with Gasteiger partial charge in [-0.15, -0.1) is 0 Å². The molecule has 0 spiro atoms. The number of hydrogen-bond acceptors (Lipinski definition) is 8. The molecular weight excluding hydrogens is 380 g/mol. The number of aromatic amines is 1. The molecule has 0 saturated carbocycles. The summed E-state index contributed by atoms with van der Waals surface area (Å²) in [4.78, 5) is 21.8. The van der Waals surface area contributed by atoms with Gasteiger partial charge in [-0.1, -0.05) is 0 Å². The van der Waals surface area contributed by atoms with E-state index >= 15 is 0 Å². The molecule has 2 aromatic heterocycles. The summed E-state index contributed by atoms with van der Waals surface area (Å²) < 4.78 is 15.6. The fraction of sp³-hybridized carbons (Fsp3) is 0.579. The second kappa shape index (κ2) is 10.7. The molecule has 1 saturated heterocycles. The molecule has 3 heterocycles. The van der Waals surface area contributed by atoms with Crippen molar-refractivity contribution >= 4 is 11.9 Å². The van der Waals surface area contributed by atoms with Gasteiger partial charge in [0.15, 0.2) is 5.69 Å². The van der Waals surface area contributed by atoms with E-state index in [-0.39, 0.29) is 11.3 Å². The molecule has 1 aliphatic rings. The van der Waals surface area contributed by atoms with E-state index in [2.05, 4.69) is 33.9 Å². The van der Waals surface area contributed by atoms with E-state index in [0.717, 1.165) is 6.61 Å². The second-order valence-corrected chi connectivity index (χ2v) is 7.44. The summed E-state index contributed by atoms with van der Waals surface area (Å²) in [7, 11) is 1.32. The van der Waals surface area contributed by atoms with Crippen molar-refractivity contribution in [1.29, 1.82) is 0 Å². The monoisotopic (exact) mass is 410 g/mol. The van der Waals surface area contributed by atoms with Gasteiger partial charge in [-0.25, -0.2) is 9.59 Å². The van der Waals surface area contributed by atoms with Crippen LogP contribution in [0, 0.1) is 0 Å². The van der Waals surface area contributed by atoms with Gasteiger partial charge >= 0.3 is 11.9 Å². The van der Waals surface area contributed by atoms with Crippen LogP contribution in [0.2, 0.25) is 0 Å². The molecule has 0 aliphatic carbocycles. The molecule has 1 aliphatic heterocycles. The maximum atomic E-state index is 11.3. The molecule has 0 unspecified atom stereocenters. The van der Waals surface area contributed by atoms with Crippen molar-refractivity contribution < 1.29 is 28.9 Å². The zero-order valence-corrected chi connectivity index (χ0v) is 17.8. The van der Waals surface area contributed by atoms with Crippen molar-refractivity contribution in [3.05, 3.63) is 35.9 Å². The fourth-order valence-electron chi connectivity index (χ4n) is 1.78. The molecule has 0 radical (unpaired) electrons. The number of rotatable bonds is 5. The number of epoxide rings is 1. The lowest BCUT2D eigenvalue weighted by Gasteiger charge is -2.16. The summed E-state index contributed by atoms with van der Waals surface area (Å²) in [5.74, 6) is -0.834. The highest BCUT2D eigenvalue weighted by atomic mass is 16.6. The molecule has 29 heavy (non-hydrogen) atoms. The highest BCUT2D eigenvalue weighted by Gasteiger charge is 2.32. The van der Waals surface area contributed by atoms with E-state index in [1.165, 1.54) is 18.0 Å². The normalized spacial score (nSPS) is 13.9. The van der Waals surface area contributed by atoms with Gasteiger partial charge in [-0.2, -0.15) is 10.2 Å². The molecule has 0 bridgehead atoms. The number of carbonyl (C=O) groups excluding carboxylic acids is 2. The third kappa shape index (κ3) is 10.4. The van der Waals surface area contributed by atoms with Crippen LogP contribution in [0.15, 0.2) is 24.5 Å². The number of aliphatic hydroxyl groups is 1. The number of carbonyl (C=O) groups is 2. The Morgan fingerprint density at radius 1 is 1.34 bits per heavy atom. The van der Waals surface area contributed by atoms with Gasteiger partial charge in [-0.3, -0.25) is 9.78 Å². The number of aromatic nitrogens is 4. The largest absolute Gasteiger partial charge is 0.464 e. The Morgan fingerprint density at radius 2 is 1.97 bits per heavy atom. The third-order valence-electron chi connectivity index (χ3n) is 3.30. The van der Waals surface area contributed by atoms with Gasteiger partial charge in [-0.05, 0) is 46.8 Å². The molecule has 3 rings (SSSR count). The van der Waals surface area contributed by atoms with Gasteiger partial charge in [0.25, 0.3) is 0 Å². The van der Waals surface area contributed by atoms with Crippen molar-refractivity contribution in [2.24, 2.45) is 0 Å². The predicted molar refractivity (Wildman–Crippen MR) is 104 cm³/mol. The second-order valence-electron chi connectivity index (χ2n) is 7.44. The fourth-order valence-corrected chi connectivity index (χ4v) is 1.78. The summed E-state index contributed by atoms with van der Waals surface area (Å²) in [5, 5.41) is 19.6. The van der Waals surface area contributed by atoms with E-state index in [4.69, 9.17) is 9.47 Å². The van der Waals surface area contributed by atoms with Crippen LogP contribution in [0.4, 0.5) is 0 Å². The lowest BCUT2D eigenvalue weighted by Crippen LogP contribution is -2.26. The standard InChI is InChI=1S/C10H16N2O3.C5H6N2O2.C4H8O/c1-4-15-9(13)8-5-6-12(11-8)7-10(2,3)14;1-9-5(8)4-2-3-6-7-4;1-4(2)3-5-4/h5-6,14H,4,7H2,1-3H3;2-3H,1H3,(H,6,7);3H2,1-2H3. The zero-order chi connectivity index (χ0) is 22.1. The average Bonchev–Trinajstić information content (AvgIpc) is 3.07. The van der Waals surface area contributed by atoms with Gasteiger partial charge in [0, 0.05) is 12.4 Å². The van der Waals surface area contributed by atoms with Crippen molar-refractivity contribution in [2.45, 2.75) is 52.4 Å². The molecule has 0 amide bonds. The summed E-state index contributed by atoms with van der Waals surface area (Å²) in [5.41, 5.74) is 0.0383. The Kier molecular flexibility index (Phi) is 8.99. The Morgan fingerprint density at radius 3 is 2.38 bits per heavy atom. The molecule has 0 atom stereocenters. The maximum absolute atomic E-state index is 11.3. The van der Waals surface area contributed by atoms with Crippen LogP contribution in [-0.2, 0) is 20.8 Å². The van der Waals surface area contributed by atoms with Crippen molar-refractivity contribution in [3.63, 3.8) is 0 Å². The van der Waals surface area contributed by atoms with Gasteiger partial charge in [0.05, 0.1) is 38.1 Å². The minimum absolute atomic E-state index is 0.250. The lowest BCUT2D eigenvalue weighted by molar-refractivity contribution is 0.0496. The Hall–Kier alpha value is -2.72. The number of hydrogen-bond donors (Lipinski definition) is 2. The highest BCUT2D eigenvalue weighted by Crippen LogP contribution is 2.23. The van der Waals surface area contributed by atoms with Crippen molar-refractivity contribution in [3.8, 4) is 0 Å². The van der Waals surface area contributed by atoms with Gasteiger partial charge in [0.2, 0.25) is 0 Å². The topological polar surface area (TPSA) is 132 Å². The first-order chi connectivity index (χ1) is 13.5. The van der Waals surface area contributed by atoms with Crippen LogP contribution in [0.1, 0.15) is 55.6 Å². The summed E-state index contributed by atoms with van der Waals surface area (Å²) >= 11 is 0. The van der Waals surface area contributed by atoms with Crippen molar-refractivity contribution in [2.75, 3.05) is 20.3 Å². The lowest BCUT2D eigenvalue weighted by atomic mass is 10.1. The van der Waals surface area contributed by atoms with Gasteiger partial charge < -0.3 is 19.3 Å². The molecule has 10 heteroatoms. The summed E-state index contributed by atoms with van der Waals surface area (Å²) in [6.07, 6.45) is 3.14. The van der Waals surface area contributed by atoms with E-state index < -0.39 is 17.5 Å². The van der Waals surface area contributed by atoms with Crippen LogP contribution in [-0.4, -0.2) is 68.5 Å². The maximum Gasteiger partial charge on any atom is 0.358 e. The Balaban J connectivity index is 0.000000251. The molecule has 2 N–H and O–H groups in total. The molecule has 2 aromatic rings. The number of esters is 2. The van der Waals surface area contributed by atoms with E-state index in [1.807, 2.05) is 0 Å². The number of ether oxygens (including phenoxy) is 3. The smallest absolute Gasteiger partial charge is 0.358 e. The number of H-pyrrole nitrogens is 1. The molecule has 1 fully saturated rings. The number of nitrogens with one attached hydrogen (secondary N) is 1. The first-order valence-corrected chi connectivity index (χ1v) is 9.12. The first kappa shape index (κ1) is 24.3. The number of methoxy groups -OCH3 is 1. The Labute approximate surface area is 170 Å². The predicted octanol–water partition coefficient (Wildman–Crippen LogP) is 1.82. The quantitative estimate of drug-likeness (QED) is 0.563. The van der Waals surface area contributed by atoms with E-state index in [1.54, 1.807) is 39.1 Å². The van der Waals surface area contributed by atoms with E-state index in [0.29, 0.717) is 18.8 Å². The van der Waals surface area contributed by atoms with E-state index in [9.17, 15) is 14.7 Å². The number of nitrogens with zero attached hydrogens (tertiary/aromatic N) is 3. The Bertz CT molecular complexity index is 756. The minimum Gasteiger partial charge on any atom is -0.464 e. The van der Waals surface area contributed by atoms with Crippen LogP contribution in [0.3, 0.4) is 0 Å². The summed E-state index contributed by atoms with van der Waals surface area (Å²) in [6, 6.07) is 3.12. The molecule has 10 nitrogen and oxygen atoms in total. The third-order valence-corrected chi connectivity index (χ3v) is 3.30. The SMILES string of the molecule is CC1(C)CO1.CCOC(=O)c1ccn(CC(C)(C)O)n1.COC(=O)c1ccn[nH]1. The highest BCUT2D eigenvalue weighted by molar-refractivity contribution is 5.87. The zero-order valence-electron chi connectivity index (χ0n) is 17.8. The van der Waals surface area contributed by atoms with Crippen LogP contribution in [0.25, 0.3) is 0 Å². The summed E-state index contributed by atoms with van der Waals surface area (Å²) in [6.45, 7) is 10.9. The minimum atomic E-state index is -0.849. The molecule has 0 aromatic carbocycles. The van der Waals surface area contributed by atoms with Crippen LogP contribution >= 0.6 is 0 Å². The first-order valence-electron chi connectivity index (χ1n) is 9.12. The van der Waals surface area contributed by atoms with Gasteiger partial charge in [0.1, 0.15) is 5.69 Å². The van der Waals surface area contributed by atoms with Crippen LogP contribution in [0.5, 0.6) is 0 Å². The molecular formula is C19H30N4O6. The molecule has 162 valence electrons. The van der Waals surface area contributed by atoms with Crippen molar-refractivity contribution in [1.82, 2.24) is 20.0 Å².